The molecule has 0 bridgehead atoms. The van der Waals surface area contributed by atoms with E-state index in [0.717, 1.165) is 18.2 Å². The van der Waals surface area contributed by atoms with Crippen LogP contribution in [0.4, 0.5) is 10.1 Å². The molecule has 2 N–H and O–H groups in total. The van der Waals surface area contributed by atoms with Gasteiger partial charge in [0.25, 0.3) is 11.6 Å². The van der Waals surface area contributed by atoms with E-state index >= 15 is 0 Å². The summed E-state index contributed by atoms with van der Waals surface area (Å²) in [5.74, 6) is -0.0829. The smallest absolute Gasteiger partial charge is 0.282 e. The Labute approximate surface area is 140 Å². The van der Waals surface area contributed by atoms with Crippen LogP contribution >= 0.6 is 0 Å². The Morgan fingerprint density at radius 3 is 2.96 bits per heavy atom. The second-order valence-corrected chi connectivity index (χ2v) is 5.01. The zero-order valence-corrected chi connectivity index (χ0v) is 12.7. The molecule has 0 unspecified atom stereocenters. The predicted octanol–water partition coefficient (Wildman–Crippen LogP) is 2.08. The van der Waals surface area contributed by atoms with Crippen LogP contribution in [0.5, 0.6) is 0 Å². The minimum Gasteiger partial charge on any atom is -0.461 e. The van der Waals surface area contributed by atoms with E-state index in [1.807, 2.05) is 0 Å². The van der Waals surface area contributed by atoms with Crippen molar-refractivity contribution < 1.29 is 18.5 Å². The standard InChI is InChI=1S/C15H12FN5O4/c16-9-3-4-11(21(23)24)10(8-9)15(22)17-6-5-13-18-14(20-19-13)12-2-1-7-25-12/h1-4,7-8H,5-6H2,(H,17,22)(H,18,19,20). The van der Waals surface area contributed by atoms with E-state index in [4.69, 9.17) is 4.42 Å². The van der Waals surface area contributed by atoms with E-state index in [2.05, 4.69) is 20.5 Å². The lowest BCUT2D eigenvalue weighted by Gasteiger charge is -2.05. The van der Waals surface area contributed by atoms with Crippen molar-refractivity contribution in [1.82, 2.24) is 20.5 Å². The molecule has 0 saturated heterocycles. The number of furan rings is 1. The number of hydrogen-bond acceptors (Lipinski definition) is 6. The molecule has 0 atom stereocenters. The third kappa shape index (κ3) is 3.68. The van der Waals surface area contributed by atoms with Crippen molar-refractivity contribution >= 4 is 11.6 Å². The zero-order chi connectivity index (χ0) is 17.8. The topological polar surface area (TPSA) is 127 Å². The zero-order valence-electron chi connectivity index (χ0n) is 12.7. The Kier molecular flexibility index (Phi) is 4.50. The minimum atomic E-state index is -0.739. The van der Waals surface area contributed by atoms with E-state index in [-0.39, 0.29) is 12.1 Å². The van der Waals surface area contributed by atoms with E-state index in [1.165, 1.54) is 6.26 Å². The van der Waals surface area contributed by atoms with Crippen LogP contribution in [0.25, 0.3) is 11.6 Å². The molecule has 10 heteroatoms. The number of halogens is 1. The van der Waals surface area contributed by atoms with Gasteiger partial charge in [-0.25, -0.2) is 9.37 Å². The highest BCUT2D eigenvalue weighted by Crippen LogP contribution is 2.19. The summed E-state index contributed by atoms with van der Waals surface area (Å²) in [6.07, 6.45) is 1.81. The Bertz CT molecular complexity index is 907. The van der Waals surface area contributed by atoms with Gasteiger partial charge >= 0.3 is 0 Å². The van der Waals surface area contributed by atoms with Gasteiger partial charge in [-0.05, 0) is 24.3 Å². The summed E-state index contributed by atoms with van der Waals surface area (Å²) >= 11 is 0. The van der Waals surface area contributed by atoms with E-state index in [1.54, 1.807) is 12.1 Å². The number of hydrogen-bond donors (Lipinski definition) is 2. The van der Waals surface area contributed by atoms with Crippen molar-refractivity contribution in [3.63, 3.8) is 0 Å². The number of carbonyl (C=O) groups is 1. The molecule has 9 nitrogen and oxygen atoms in total. The third-order valence-corrected chi connectivity index (χ3v) is 3.32. The van der Waals surface area contributed by atoms with Crippen LogP contribution in [-0.4, -0.2) is 32.6 Å². The highest BCUT2D eigenvalue weighted by Gasteiger charge is 2.20. The molecule has 0 aliphatic carbocycles. The van der Waals surface area contributed by atoms with E-state index < -0.39 is 22.3 Å². The number of nitro groups is 1. The van der Waals surface area contributed by atoms with Crippen molar-refractivity contribution in [1.29, 1.82) is 0 Å². The summed E-state index contributed by atoms with van der Waals surface area (Å²) in [5, 5.41) is 20.1. The molecule has 0 aliphatic heterocycles. The average Bonchev–Trinajstić information content (AvgIpc) is 3.25. The number of rotatable bonds is 6. The maximum Gasteiger partial charge on any atom is 0.282 e. The first-order valence-electron chi connectivity index (χ1n) is 7.22. The number of nitrogens with zero attached hydrogens (tertiary/aromatic N) is 3. The van der Waals surface area contributed by atoms with Gasteiger partial charge in [0, 0.05) is 19.0 Å². The molecule has 1 amide bonds. The van der Waals surface area contributed by atoms with Crippen molar-refractivity contribution in [3.05, 3.63) is 63.9 Å². The van der Waals surface area contributed by atoms with Gasteiger partial charge in [0.05, 0.1) is 11.2 Å². The maximum atomic E-state index is 13.3. The SMILES string of the molecule is O=C(NCCc1nc(-c2ccco2)n[nH]1)c1cc(F)ccc1[N+](=O)[O-]. The fraction of sp³-hybridized carbons (Fsp3) is 0.133. The molecule has 0 aliphatic rings. The summed E-state index contributed by atoms with van der Waals surface area (Å²) in [4.78, 5) is 26.4. The van der Waals surface area contributed by atoms with Crippen molar-refractivity contribution in [2.45, 2.75) is 6.42 Å². The van der Waals surface area contributed by atoms with Gasteiger partial charge in [-0.15, -0.1) is 0 Å². The largest absolute Gasteiger partial charge is 0.461 e. The number of amides is 1. The van der Waals surface area contributed by atoms with E-state index in [0.29, 0.717) is 23.8 Å². The van der Waals surface area contributed by atoms with Crippen molar-refractivity contribution in [2.75, 3.05) is 6.54 Å². The number of nitro benzene ring substituents is 1. The number of nitrogens with one attached hydrogen (secondary N) is 2. The summed E-state index contributed by atoms with van der Waals surface area (Å²) < 4.78 is 18.4. The normalized spacial score (nSPS) is 10.6. The van der Waals surface area contributed by atoms with Crippen LogP contribution in [0, 0.1) is 15.9 Å². The van der Waals surface area contributed by atoms with Gasteiger partial charge in [0.15, 0.2) is 5.76 Å². The average molecular weight is 345 g/mol. The first-order chi connectivity index (χ1) is 12.0. The Morgan fingerprint density at radius 2 is 2.24 bits per heavy atom. The fourth-order valence-corrected chi connectivity index (χ4v) is 2.16. The number of H-pyrrole nitrogens is 1. The van der Waals surface area contributed by atoms with Gasteiger partial charge in [-0.3, -0.25) is 20.0 Å². The predicted molar refractivity (Wildman–Crippen MR) is 83.2 cm³/mol. The molecule has 25 heavy (non-hydrogen) atoms. The van der Waals surface area contributed by atoms with Gasteiger partial charge < -0.3 is 9.73 Å². The minimum absolute atomic E-state index is 0.138. The number of carbonyl (C=O) groups excluding carboxylic acids is 1. The van der Waals surface area contributed by atoms with Gasteiger partial charge in [0.2, 0.25) is 5.82 Å². The number of aromatic nitrogens is 3. The molecule has 2 heterocycles. The molecule has 0 radical (unpaired) electrons. The van der Waals surface area contributed by atoms with Crippen LogP contribution in [0.3, 0.4) is 0 Å². The molecule has 0 spiro atoms. The Hall–Kier alpha value is -3.56. The van der Waals surface area contributed by atoms with Gasteiger partial charge in [0.1, 0.15) is 17.2 Å². The van der Waals surface area contributed by atoms with E-state index in [9.17, 15) is 19.3 Å². The van der Waals surface area contributed by atoms with Gasteiger partial charge in [-0.1, -0.05) is 0 Å². The first kappa shape index (κ1) is 16.3. The van der Waals surface area contributed by atoms with Crippen LogP contribution < -0.4 is 5.32 Å². The highest BCUT2D eigenvalue weighted by molar-refractivity contribution is 5.98. The molecular weight excluding hydrogens is 333 g/mol. The lowest BCUT2D eigenvalue weighted by atomic mass is 10.1. The number of aromatic amines is 1. The fourth-order valence-electron chi connectivity index (χ4n) is 2.16. The van der Waals surface area contributed by atoms with Crippen molar-refractivity contribution in [3.8, 4) is 11.6 Å². The molecule has 3 aromatic rings. The summed E-state index contributed by atoms with van der Waals surface area (Å²) in [5.41, 5.74) is -0.794. The lowest BCUT2D eigenvalue weighted by Crippen LogP contribution is -2.26. The Morgan fingerprint density at radius 1 is 1.40 bits per heavy atom. The summed E-state index contributed by atoms with van der Waals surface area (Å²) in [6.45, 7) is 0.138. The van der Waals surface area contributed by atoms with Crippen LogP contribution in [-0.2, 0) is 6.42 Å². The first-order valence-corrected chi connectivity index (χ1v) is 7.22. The molecule has 128 valence electrons. The molecule has 2 aromatic heterocycles. The molecule has 0 fully saturated rings. The lowest BCUT2D eigenvalue weighted by molar-refractivity contribution is -0.385. The molecule has 0 saturated carbocycles. The van der Waals surface area contributed by atoms with Crippen LogP contribution in [0.2, 0.25) is 0 Å². The quantitative estimate of drug-likeness (QED) is 0.520. The second-order valence-electron chi connectivity index (χ2n) is 5.01. The van der Waals surface area contributed by atoms with Crippen LogP contribution in [0.15, 0.2) is 41.0 Å². The van der Waals surface area contributed by atoms with Gasteiger partial charge in [-0.2, -0.15) is 5.10 Å². The van der Waals surface area contributed by atoms with Crippen LogP contribution in [0.1, 0.15) is 16.2 Å². The maximum absolute atomic E-state index is 13.3. The second kappa shape index (κ2) is 6.91. The summed E-state index contributed by atoms with van der Waals surface area (Å²) in [6, 6.07) is 6.13. The molecular formula is C15H12FN5O4. The third-order valence-electron chi connectivity index (χ3n) is 3.32. The molecule has 3 rings (SSSR count). The monoisotopic (exact) mass is 345 g/mol. The number of benzene rings is 1. The Balaban J connectivity index is 1.62. The van der Waals surface area contributed by atoms with Crippen molar-refractivity contribution in [2.24, 2.45) is 0 Å². The highest BCUT2D eigenvalue weighted by atomic mass is 19.1. The molecule has 1 aromatic carbocycles. The summed E-state index contributed by atoms with van der Waals surface area (Å²) in [7, 11) is 0.